The average molecular weight is 278 g/mol. The van der Waals surface area contributed by atoms with Crippen molar-refractivity contribution in [3.05, 3.63) is 51.5 Å². The van der Waals surface area contributed by atoms with Crippen LogP contribution >= 0.6 is 11.3 Å². The molecule has 0 fully saturated rings. The van der Waals surface area contributed by atoms with Gasteiger partial charge in [0.2, 0.25) is 5.91 Å². The number of amides is 1. The van der Waals surface area contributed by atoms with E-state index in [2.05, 4.69) is 5.32 Å². The van der Waals surface area contributed by atoms with Gasteiger partial charge in [-0.25, -0.2) is 4.39 Å². The lowest BCUT2D eigenvalue weighted by Crippen LogP contribution is -2.27. The summed E-state index contributed by atoms with van der Waals surface area (Å²) in [6, 6.07) is 7.70. The summed E-state index contributed by atoms with van der Waals surface area (Å²) in [5, 5.41) is 2.99. The highest BCUT2D eigenvalue weighted by atomic mass is 32.1. The second-order valence-corrected chi connectivity index (χ2v) is 5.76. The molecule has 1 aromatic heterocycles. The van der Waals surface area contributed by atoms with Gasteiger partial charge in [-0.1, -0.05) is 0 Å². The summed E-state index contributed by atoms with van der Waals surface area (Å²) in [6.45, 7) is 3.75. The number of thiophene rings is 1. The molecular formula is C14H15FN2OS. The van der Waals surface area contributed by atoms with E-state index in [0.717, 1.165) is 15.3 Å². The normalized spacial score (nSPS) is 12.2. The molecule has 0 aliphatic heterocycles. The van der Waals surface area contributed by atoms with Crippen LogP contribution in [0.15, 0.2) is 30.3 Å². The molecule has 1 aromatic carbocycles. The van der Waals surface area contributed by atoms with Crippen molar-refractivity contribution in [2.24, 2.45) is 5.73 Å². The van der Waals surface area contributed by atoms with Gasteiger partial charge in [0.25, 0.3) is 0 Å². The number of hydrogen-bond donors (Lipinski definition) is 2. The Balaban J connectivity index is 2.29. The number of hydrogen-bond acceptors (Lipinski definition) is 3. The highest BCUT2D eigenvalue weighted by Gasteiger charge is 2.19. The maximum Gasteiger partial charge on any atom is 0.245 e. The number of nitrogens with two attached hydrogens (primary N) is 1. The lowest BCUT2D eigenvalue weighted by molar-refractivity contribution is -0.118. The molecule has 2 rings (SSSR count). The Morgan fingerprint density at radius 2 is 2.05 bits per heavy atom. The first-order chi connectivity index (χ1) is 8.95. The second kappa shape index (κ2) is 5.40. The monoisotopic (exact) mass is 278 g/mol. The van der Waals surface area contributed by atoms with Gasteiger partial charge in [0.15, 0.2) is 0 Å². The predicted molar refractivity (Wildman–Crippen MR) is 75.8 cm³/mol. The van der Waals surface area contributed by atoms with E-state index < -0.39 is 11.9 Å². The first-order valence-corrected chi connectivity index (χ1v) is 6.67. The van der Waals surface area contributed by atoms with Gasteiger partial charge in [0.05, 0.1) is 0 Å². The smallest absolute Gasteiger partial charge is 0.245 e. The van der Waals surface area contributed by atoms with Crippen molar-refractivity contribution >= 4 is 22.9 Å². The zero-order valence-electron chi connectivity index (χ0n) is 10.7. The van der Waals surface area contributed by atoms with Crippen molar-refractivity contribution in [2.45, 2.75) is 19.9 Å². The van der Waals surface area contributed by atoms with E-state index in [0.29, 0.717) is 5.69 Å². The van der Waals surface area contributed by atoms with Gasteiger partial charge in [0, 0.05) is 15.4 Å². The SMILES string of the molecule is Cc1cc(F)cc(NC(C(N)=O)c2ccc(C)s2)c1. The number of aryl methyl sites for hydroxylation is 2. The molecule has 0 saturated heterocycles. The van der Waals surface area contributed by atoms with E-state index in [1.807, 2.05) is 19.1 Å². The van der Waals surface area contributed by atoms with Gasteiger partial charge in [-0.15, -0.1) is 11.3 Å². The Hall–Kier alpha value is -1.88. The zero-order valence-corrected chi connectivity index (χ0v) is 11.6. The first-order valence-electron chi connectivity index (χ1n) is 5.85. The van der Waals surface area contributed by atoms with Crippen LogP contribution in [0.3, 0.4) is 0 Å². The highest BCUT2D eigenvalue weighted by Crippen LogP contribution is 2.26. The quantitative estimate of drug-likeness (QED) is 0.902. The number of halogens is 1. The minimum absolute atomic E-state index is 0.340. The number of benzene rings is 1. The van der Waals surface area contributed by atoms with Gasteiger partial charge >= 0.3 is 0 Å². The van der Waals surface area contributed by atoms with Crippen LogP contribution in [0.1, 0.15) is 21.4 Å². The summed E-state index contributed by atoms with van der Waals surface area (Å²) >= 11 is 1.49. The van der Waals surface area contributed by atoms with Crippen molar-refractivity contribution in [3.8, 4) is 0 Å². The molecule has 0 aliphatic rings. The molecule has 1 heterocycles. The topological polar surface area (TPSA) is 55.1 Å². The van der Waals surface area contributed by atoms with Crippen molar-refractivity contribution in [1.29, 1.82) is 0 Å². The predicted octanol–water partition coefficient (Wildman–Crippen LogP) is 3.14. The summed E-state index contributed by atoms with van der Waals surface area (Å²) in [5.41, 5.74) is 6.75. The summed E-state index contributed by atoms with van der Waals surface area (Å²) < 4.78 is 13.3. The third-order valence-electron chi connectivity index (χ3n) is 2.68. The minimum Gasteiger partial charge on any atom is -0.369 e. The number of carbonyl (C=O) groups excluding carboxylic acids is 1. The van der Waals surface area contributed by atoms with E-state index >= 15 is 0 Å². The number of rotatable bonds is 4. The molecule has 3 nitrogen and oxygen atoms in total. The van der Waals surface area contributed by atoms with Crippen molar-refractivity contribution < 1.29 is 9.18 Å². The Kier molecular flexibility index (Phi) is 3.85. The zero-order chi connectivity index (χ0) is 14.0. The molecule has 19 heavy (non-hydrogen) atoms. The maximum atomic E-state index is 13.3. The van der Waals surface area contributed by atoms with Crippen LogP contribution in [0.4, 0.5) is 10.1 Å². The molecule has 0 aliphatic carbocycles. The third kappa shape index (κ3) is 3.32. The molecule has 3 N–H and O–H groups in total. The number of primary amides is 1. The molecular weight excluding hydrogens is 263 g/mol. The molecule has 0 saturated carbocycles. The van der Waals surface area contributed by atoms with E-state index in [9.17, 15) is 9.18 Å². The van der Waals surface area contributed by atoms with Crippen LogP contribution in [0.5, 0.6) is 0 Å². The maximum absolute atomic E-state index is 13.3. The Labute approximate surface area is 115 Å². The molecule has 2 aromatic rings. The fraction of sp³-hybridized carbons (Fsp3) is 0.214. The van der Waals surface area contributed by atoms with E-state index in [4.69, 9.17) is 5.73 Å². The molecule has 1 amide bonds. The largest absolute Gasteiger partial charge is 0.369 e. The van der Waals surface area contributed by atoms with Crippen LogP contribution in [-0.2, 0) is 4.79 Å². The van der Waals surface area contributed by atoms with E-state index in [1.54, 1.807) is 13.0 Å². The lowest BCUT2D eigenvalue weighted by atomic mass is 10.1. The van der Waals surface area contributed by atoms with E-state index in [-0.39, 0.29) is 5.82 Å². The number of carbonyl (C=O) groups is 1. The first kappa shape index (κ1) is 13.5. The molecule has 1 atom stereocenters. The lowest BCUT2D eigenvalue weighted by Gasteiger charge is -2.15. The van der Waals surface area contributed by atoms with Gasteiger partial charge in [-0.2, -0.15) is 0 Å². The molecule has 1 unspecified atom stereocenters. The van der Waals surface area contributed by atoms with E-state index in [1.165, 1.54) is 23.5 Å². The number of anilines is 1. The van der Waals surface area contributed by atoms with Crippen molar-refractivity contribution in [2.75, 3.05) is 5.32 Å². The molecule has 0 spiro atoms. The van der Waals surface area contributed by atoms with Gasteiger partial charge in [-0.05, 0) is 49.7 Å². The molecule has 0 radical (unpaired) electrons. The Bertz CT molecular complexity index is 589. The Morgan fingerprint density at radius 1 is 1.32 bits per heavy atom. The average Bonchev–Trinajstić information content (AvgIpc) is 2.70. The third-order valence-corrected chi connectivity index (χ3v) is 3.75. The summed E-state index contributed by atoms with van der Waals surface area (Å²) in [6.07, 6.45) is 0. The van der Waals surface area contributed by atoms with Crippen molar-refractivity contribution in [1.82, 2.24) is 0 Å². The molecule has 0 bridgehead atoms. The van der Waals surface area contributed by atoms with Crippen molar-refractivity contribution in [3.63, 3.8) is 0 Å². The standard InChI is InChI=1S/C14H15FN2OS/c1-8-5-10(15)7-11(6-8)17-13(14(16)18)12-4-3-9(2)19-12/h3-7,13,17H,1-2H3,(H2,16,18). The van der Waals surface area contributed by atoms with Crippen LogP contribution < -0.4 is 11.1 Å². The minimum atomic E-state index is -0.639. The van der Waals surface area contributed by atoms with Crippen LogP contribution in [0.25, 0.3) is 0 Å². The van der Waals surface area contributed by atoms with Gasteiger partial charge < -0.3 is 11.1 Å². The summed E-state index contributed by atoms with van der Waals surface area (Å²) in [7, 11) is 0. The van der Waals surface area contributed by atoms with Crippen LogP contribution in [-0.4, -0.2) is 5.91 Å². The second-order valence-electron chi connectivity index (χ2n) is 4.45. The number of nitrogens with one attached hydrogen (secondary N) is 1. The molecule has 5 heteroatoms. The fourth-order valence-corrected chi connectivity index (χ4v) is 2.81. The van der Waals surface area contributed by atoms with Crippen LogP contribution in [0.2, 0.25) is 0 Å². The summed E-state index contributed by atoms with van der Waals surface area (Å²) in [5.74, 6) is -0.822. The Morgan fingerprint density at radius 3 is 2.58 bits per heavy atom. The van der Waals surface area contributed by atoms with Gasteiger partial charge in [0.1, 0.15) is 11.9 Å². The molecule has 100 valence electrons. The van der Waals surface area contributed by atoms with Gasteiger partial charge in [-0.3, -0.25) is 4.79 Å². The highest BCUT2D eigenvalue weighted by molar-refractivity contribution is 7.12. The van der Waals surface area contributed by atoms with Crippen LogP contribution in [0, 0.1) is 19.7 Å². The fourth-order valence-electron chi connectivity index (χ4n) is 1.88. The summed E-state index contributed by atoms with van der Waals surface area (Å²) in [4.78, 5) is 13.5.